The van der Waals surface area contributed by atoms with E-state index in [9.17, 15) is 15.0 Å². The highest BCUT2D eigenvalue weighted by Crippen LogP contribution is 2.44. The van der Waals surface area contributed by atoms with Crippen LogP contribution in [0.1, 0.15) is 44.6 Å². The van der Waals surface area contributed by atoms with Gasteiger partial charge in [-0.05, 0) is 43.9 Å². The Hall–Kier alpha value is -1.77. The summed E-state index contributed by atoms with van der Waals surface area (Å²) >= 11 is 0. The Morgan fingerprint density at radius 2 is 2.00 bits per heavy atom. The van der Waals surface area contributed by atoms with Gasteiger partial charge in [0.05, 0.1) is 5.41 Å². The zero-order chi connectivity index (χ0) is 14.0. The maximum Gasteiger partial charge on any atom is 0.313 e. The number of carbonyl (C=O) groups is 1. The van der Waals surface area contributed by atoms with Gasteiger partial charge in [0, 0.05) is 5.92 Å². The fourth-order valence-electron chi connectivity index (χ4n) is 2.85. The number of allylic oxidation sites excluding steroid dienone is 1. The van der Waals surface area contributed by atoms with Gasteiger partial charge in [-0.3, -0.25) is 4.79 Å². The first-order valence-electron chi connectivity index (χ1n) is 6.71. The summed E-state index contributed by atoms with van der Waals surface area (Å²) in [5.74, 6) is -0.220. The van der Waals surface area contributed by atoms with E-state index in [1.807, 2.05) is 26.0 Å². The molecule has 2 unspecified atom stereocenters. The predicted molar refractivity (Wildman–Crippen MR) is 74.2 cm³/mol. The van der Waals surface area contributed by atoms with Crippen molar-refractivity contribution in [3.05, 3.63) is 41.5 Å². The van der Waals surface area contributed by atoms with E-state index in [1.54, 1.807) is 12.1 Å². The zero-order valence-corrected chi connectivity index (χ0v) is 11.4. The Morgan fingerprint density at radius 1 is 1.37 bits per heavy atom. The van der Waals surface area contributed by atoms with Crippen LogP contribution in [-0.4, -0.2) is 16.2 Å². The highest BCUT2D eigenvalue weighted by Gasteiger charge is 2.39. The lowest BCUT2D eigenvalue weighted by atomic mass is 9.69. The van der Waals surface area contributed by atoms with Gasteiger partial charge in [0.25, 0.3) is 0 Å². The SMILES string of the molecule is CCC1=CC(c2ccc(O)cc2)CCC1(C)C(=O)O. The molecular formula is C16H20O3. The summed E-state index contributed by atoms with van der Waals surface area (Å²) in [6.45, 7) is 3.82. The maximum absolute atomic E-state index is 11.5. The van der Waals surface area contributed by atoms with E-state index in [4.69, 9.17) is 0 Å². The number of hydrogen-bond acceptors (Lipinski definition) is 2. The third-order valence-electron chi connectivity index (χ3n) is 4.24. The number of aromatic hydroxyl groups is 1. The smallest absolute Gasteiger partial charge is 0.313 e. The average molecular weight is 260 g/mol. The minimum atomic E-state index is -0.732. The Bertz CT molecular complexity index is 501. The lowest BCUT2D eigenvalue weighted by Crippen LogP contribution is -2.33. The van der Waals surface area contributed by atoms with Gasteiger partial charge in [0.1, 0.15) is 5.75 Å². The monoisotopic (exact) mass is 260 g/mol. The number of phenolic OH excluding ortho intramolecular Hbond substituents is 1. The molecule has 1 aromatic carbocycles. The van der Waals surface area contributed by atoms with Crippen molar-refractivity contribution in [2.75, 3.05) is 0 Å². The van der Waals surface area contributed by atoms with Crippen molar-refractivity contribution in [2.24, 2.45) is 5.41 Å². The van der Waals surface area contributed by atoms with E-state index >= 15 is 0 Å². The predicted octanol–water partition coefficient (Wildman–Crippen LogP) is 3.70. The lowest BCUT2D eigenvalue weighted by Gasteiger charge is -2.34. The van der Waals surface area contributed by atoms with E-state index in [0.717, 1.165) is 24.0 Å². The molecule has 1 aliphatic carbocycles. The maximum atomic E-state index is 11.5. The molecule has 0 amide bonds. The standard InChI is InChI=1S/C16H20O3/c1-3-13-10-12(8-9-16(13,2)15(18)19)11-4-6-14(17)7-5-11/h4-7,10,12,17H,3,8-9H2,1-2H3,(H,18,19). The fraction of sp³-hybridized carbons (Fsp3) is 0.438. The molecule has 19 heavy (non-hydrogen) atoms. The highest BCUT2D eigenvalue weighted by molar-refractivity contribution is 5.78. The first-order valence-corrected chi connectivity index (χ1v) is 6.71. The van der Waals surface area contributed by atoms with Crippen LogP contribution in [0.4, 0.5) is 0 Å². The van der Waals surface area contributed by atoms with E-state index < -0.39 is 11.4 Å². The largest absolute Gasteiger partial charge is 0.508 e. The Labute approximate surface area is 113 Å². The molecule has 2 atom stereocenters. The first-order chi connectivity index (χ1) is 8.97. The van der Waals surface area contributed by atoms with Crippen LogP contribution in [0.5, 0.6) is 5.75 Å². The number of benzene rings is 1. The Morgan fingerprint density at radius 3 is 2.53 bits per heavy atom. The summed E-state index contributed by atoms with van der Waals surface area (Å²) in [4.78, 5) is 11.5. The van der Waals surface area contributed by atoms with Gasteiger partial charge < -0.3 is 10.2 Å². The third-order valence-corrected chi connectivity index (χ3v) is 4.24. The van der Waals surface area contributed by atoms with Crippen molar-refractivity contribution < 1.29 is 15.0 Å². The van der Waals surface area contributed by atoms with Crippen molar-refractivity contribution in [1.82, 2.24) is 0 Å². The molecule has 0 saturated carbocycles. The van der Waals surface area contributed by atoms with Crippen molar-refractivity contribution >= 4 is 5.97 Å². The highest BCUT2D eigenvalue weighted by atomic mass is 16.4. The van der Waals surface area contributed by atoms with Crippen LogP contribution in [0.15, 0.2) is 35.9 Å². The molecule has 0 aliphatic heterocycles. The number of aliphatic carboxylic acids is 1. The molecule has 0 saturated heterocycles. The number of phenols is 1. The van der Waals surface area contributed by atoms with Crippen LogP contribution in [0.25, 0.3) is 0 Å². The summed E-state index contributed by atoms with van der Waals surface area (Å²) < 4.78 is 0. The van der Waals surface area contributed by atoms with Gasteiger partial charge >= 0.3 is 5.97 Å². The minimum absolute atomic E-state index is 0.253. The molecule has 0 heterocycles. The molecule has 2 rings (SSSR count). The second-order valence-corrected chi connectivity index (χ2v) is 5.42. The van der Waals surface area contributed by atoms with Crippen LogP contribution < -0.4 is 0 Å². The van der Waals surface area contributed by atoms with E-state index in [1.165, 1.54) is 0 Å². The van der Waals surface area contributed by atoms with Gasteiger partial charge in [-0.15, -0.1) is 0 Å². The van der Waals surface area contributed by atoms with E-state index in [0.29, 0.717) is 6.42 Å². The van der Waals surface area contributed by atoms with Crippen LogP contribution in [0.3, 0.4) is 0 Å². The van der Waals surface area contributed by atoms with Gasteiger partial charge in [0.2, 0.25) is 0 Å². The lowest BCUT2D eigenvalue weighted by molar-refractivity contribution is -0.146. The molecule has 1 aliphatic rings. The quantitative estimate of drug-likeness (QED) is 0.815. The van der Waals surface area contributed by atoms with Crippen molar-refractivity contribution in [3.8, 4) is 5.75 Å². The normalized spacial score (nSPS) is 26.8. The van der Waals surface area contributed by atoms with Crippen molar-refractivity contribution in [3.63, 3.8) is 0 Å². The third kappa shape index (κ3) is 2.50. The van der Waals surface area contributed by atoms with Crippen LogP contribution >= 0.6 is 0 Å². The van der Waals surface area contributed by atoms with E-state index in [-0.39, 0.29) is 11.7 Å². The van der Waals surface area contributed by atoms with Crippen LogP contribution in [0.2, 0.25) is 0 Å². The molecule has 2 N–H and O–H groups in total. The van der Waals surface area contributed by atoms with Crippen molar-refractivity contribution in [1.29, 1.82) is 0 Å². The number of carboxylic acids is 1. The zero-order valence-electron chi connectivity index (χ0n) is 11.4. The fourth-order valence-corrected chi connectivity index (χ4v) is 2.85. The Balaban J connectivity index is 2.32. The molecule has 0 bridgehead atoms. The topological polar surface area (TPSA) is 57.5 Å². The first kappa shape index (κ1) is 13.7. The minimum Gasteiger partial charge on any atom is -0.508 e. The van der Waals surface area contributed by atoms with Crippen LogP contribution in [-0.2, 0) is 4.79 Å². The molecule has 0 spiro atoms. The summed E-state index contributed by atoms with van der Waals surface area (Å²) in [6, 6.07) is 7.18. The molecule has 0 radical (unpaired) electrons. The molecule has 3 heteroatoms. The summed E-state index contributed by atoms with van der Waals surface area (Å²) in [5, 5.41) is 18.7. The summed E-state index contributed by atoms with van der Waals surface area (Å²) in [6.07, 6.45) is 4.35. The number of rotatable bonds is 3. The van der Waals surface area contributed by atoms with E-state index in [2.05, 4.69) is 6.08 Å². The molecule has 102 valence electrons. The molecule has 0 fully saturated rings. The summed E-state index contributed by atoms with van der Waals surface area (Å²) in [5.41, 5.74) is 1.42. The second-order valence-electron chi connectivity index (χ2n) is 5.42. The van der Waals surface area contributed by atoms with Gasteiger partial charge in [-0.1, -0.05) is 30.7 Å². The second kappa shape index (κ2) is 5.08. The molecule has 3 nitrogen and oxygen atoms in total. The number of hydrogen-bond donors (Lipinski definition) is 2. The average Bonchev–Trinajstić information content (AvgIpc) is 2.40. The van der Waals surface area contributed by atoms with Crippen molar-refractivity contribution in [2.45, 2.75) is 39.0 Å². The summed E-state index contributed by atoms with van der Waals surface area (Å²) in [7, 11) is 0. The van der Waals surface area contributed by atoms with Crippen LogP contribution in [0, 0.1) is 5.41 Å². The van der Waals surface area contributed by atoms with Gasteiger partial charge in [-0.25, -0.2) is 0 Å². The molecule has 0 aromatic heterocycles. The molecular weight excluding hydrogens is 240 g/mol. The van der Waals surface area contributed by atoms with Gasteiger partial charge in [-0.2, -0.15) is 0 Å². The Kier molecular flexibility index (Phi) is 3.65. The molecule has 1 aromatic rings. The number of carboxylic acid groups (broad SMARTS) is 1. The van der Waals surface area contributed by atoms with Gasteiger partial charge in [0.15, 0.2) is 0 Å².